The number of nitrogens with two attached hydrogens (primary N) is 1. The van der Waals surface area contributed by atoms with Crippen molar-refractivity contribution in [3.8, 4) is 23.5 Å². The monoisotopic (exact) mass is 283 g/mol. The number of methoxy groups -OCH3 is 2. The van der Waals surface area contributed by atoms with E-state index < -0.39 is 5.60 Å². The van der Waals surface area contributed by atoms with Crippen LogP contribution in [0.25, 0.3) is 0 Å². The maximum Gasteiger partial charge on any atom is 0.178 e. The molecule has 0 fully saturated rings. The Morgan fingerprint density at radius 1 is 0.857 bits per heavy atom. The zero-order valence-electron chi connectivity index (χ0n) is 12.0. The molecule has 2 rings (SSSR count). The average molecular weight is 283 g/mol. The van der Waals surface area contributed by atoms with Crippen molar-refractivity contribution in [3.05, 3.63) is 59.7 Å². The molecule has 0 saturated carbocycles. The second-order valence-corrected chi connectivity index (χ2v) is 4.44. The highest BCUT2D eigenvalue weighted by molar-refractivity contribution is 5.46. The smallest absolute Gasteiger partial charge is 0.178 e. The molecular formula is C17H17NO3. The Bertz CT molecular complexity index is 604. The van der Waals surface area contributed by atoms with E-state index in [2.05, 4.69) is 12.0 Å². The lowest BCUT2D eigenvalue weighted by molar-refractivity contribution is 0.145. The summed E-state index contributed by atoms with van der Waals surface area (Å²) in [6.45, 7) is 0. The van der Waals surface area contributed by atoms with E-state index in [0.717, 1.165) is 0 Å². The molecule has 4 nitrogen and oxygen atoms in total. The minimum atomic E-state index is -1.48. The van der Waals surface area contributed by atoms with Gasteiger partial charge in [-0.25, -0.2) is 0 Å². The molecule has 0 aromatic heterocycles. The third kappa shape index (κ3) is 2.93. The molecule has 0 bridgehead atoms. The Morgan fingerprint density at radius 2 is 1.24 bits per heavy atom. The van der Waals surface area contributed by atoms with Gasteiger partial charge in [0, 0.05) is 17.2 Å². The molecule has 2 aromatic carbocycles. The number of ether oxygens (including phenoxy) is 2. The molecular weight excluding hydrogens is 266 g/mol. The molecule has 0 amide bonds. The van der Waals surface area contributed by atoms with Gasteiger partial charge in [-0.05, 0) is 30.2 Å². The first-order valence-corrected chi connectivity index (χ1v) is 6.38. The maximum absolute atomic E-state index is 10.9. The highest BCUT2D eigenvalue weighted by Gasteiger charge is 2.29. The maximum atomic E-state index is 10.9. The van der Waals surface area contributed by atoms with E-state index in [1.54, 1.807) is 62.8 Å². The fraction of sp³-hybridized carbons (Fsp3) is 0.176. The summed E-state index contributed by atoms with van der Waals surface area (Å²) in [7, 11) is 3.18. The summed E-state index contributed by atoms with van der Waals surface area (Å²) in [6, 6.07) is 16.4. The highest BCUT2D eigenvalue weighted by atomic mass is 16.5. The van der Waals surface area contributed by atoms with Crippen LogP contribution in [0.2, 0.25) is 0 Å². The van der Waals surface area contributed by atoms with Crippen LogP contribution in [0.5, 0.6) is 11.5 Å². The summed E-state index contributed by atoms with van der Waals surface area (Å²) in [4.78, 5) is 0. The van der Waals surface area contributed by atoms with Gasteiger partial charge in [-0.15, -0.1) is 0 Å². The van der Waals surface area contributed by atoms with Crippen molar-refractivity contribution >= 4 is 0 Å². The second-order valence-electron chi connectivity index (χ2n) is 4.44. The van der Waals surface area contributed by atoms with Gasteiger partial charge in [-0.3, -0.25) is 0 Å². The quantitative estimate of drug-likeness (QED) is 0.664. The van der Waals surface area contributed by atoms with Crippen LogP contribution in [0, 0.1) is 12.0 Å². The first-order valence-electron chi connectivity index (χ1n) is 6.38. The van der Waals surface area contributed by atoms with E-state index >= 15 is 0 Å². The predicted octanol–water partition coefficient (Wildman–Crippen LogP) is 1.86. The van der Waals surface area contributed by atoms with Crippen LogP contribution in [0.15, 0.2) is 48.5 Å². The minimum absolute atomic E-state index is 0.617. The summed E-state index contributed by atoms with van der Waals surface area (Å²) in [5.41, 5.74) is 5.09. The molecule has 0 atom stereocenters. The van der Waals surface area contributed by atoms with Gasteiger partial charge < -0.3 is 20.3 Å². The van der Waals surface area contributed by atoms with Crippen molar-refractivity contribution in [1.82, 2.24) is 0 Å². The summed E-state index contributed by atoms with van der Waals surface area (Å²) in [5.74, 6) is 4.08. The lowest BCUT2D eigenvalue weighted by atomic mass is 9.87. The van der Waals surface area contributed by atoms with Gasteiger partial charge in [-0.1, -0.05) is 24.3 Å². The van der Waals surface area contributed by atoms with Gasteiger partial charge in [0.05, 0.1) is 14.2 Å². The molecule has 108 valence electrons. The van der Waals surface area contributed by atoms with Gasteiger partial charge in [0.1, 0.15) is 11.5 Å². The van der Waals surface area contributed by atoms with Gasteiger partial charge in [-0.2, -0.15) is 0 Å². The first kappa shape index (κ1) is 14.8. The summed E-state index contributed by atoms with van der Waals surface area (Å²) in [5, 5.41) is 10.9. The standard InChI is InChI=1S/C17H17NO3/c1-20-15-7-3-13(4-8-15)17(19,11-12-18)14-5-9-16(21-2)10-6-14/h3-10,19H,18H2,1-2H3. The molecule has 0 radical (unpaired) electrons. The highest BCUT2D eigenvalue weighted by Crippen LogP contribution is 2.31. The molecule has 21 heavy (non-hydrogen) atoms. The van der Waals surface area contributed by atoms with Gasteiger partial charge >= 0.3 is 0 Å². The predicted molar refractivity (Wildman–Crippen MR) is 81.0 cm³/mol. The average Bonchev–Trinajstić information content (AvgIpc) is 2.55. The van der Waals surface area contributed by atoms with Crippen molar-refractivity contribution in [2.24, 2.45) is 5.73 Å². The Hall–Kier alpha value is -2.64. The third-order valence-electron chi connectivity index (χ3n) is 3.27. The number of hydrogen-bond acceptors (Lipinski definition) is 4. The second kappa shape index (κ2) is 6.21. The number of benzene rings is 2. The number of rotatable bonds is 4. The van der Waals surface area contributed by atoms with Gasteiger partial charge in [0.2, 0.25) is 0 Å². The number of hydrogen-bond donors (Lipinski definition) is 2. The Labute approximate surface area is 124 Å². The summed E-state index contributed by atoms with van der Waals surface area (Å²) in [6.07, 6.45) is 0. The van der Waals surface area contributed by atoms with Crippen molar-refractivity contribution in [1.29, 1.82) is 0 Å². The van der Waals surface area contributed by atoms with E-state index in [9.17, 15) is 5.11 Å². The fourth-order valence-corrected chi connectivity index (χ4v) is 2.08. The normalized spacial score (nSPS) is 10.4. The van der Waals surface area contributed by atoms with E-state index in [1.807, 2.05) is 0 Å². The lowest BCUT2D eigenvalue weighted by Crippen LogP contribution is -2.25. The largest absolute Gasteiger partial charge is 0.497 e. The molecule has 0 unspecified atom stereocenters. The molecule has 0 spiro atoms. The van der Waals surface area contributed by atoms with Crippen LogP contribution < -0.4 is 15.2 Å². The molecule has 3 N–H and O–H groups in total. The first-order chi connectivity index (χ1) is 10.1. The molecule has 4 heteroatoms. The molecule has 0 aliphatic carbocycles. The van der Waals surface area contributed by atoms with Gasteiger partial charge in [0.15, 0.2) is 5.60 Å². The SMILES string of the molecule is COc1ccc(C(O)(C#CN)c2ccc(OC)cc2)cc1. The van der Waals surface area contributed by atoms with E-state index in [4.69, 9.17) is 15.2 Å². The summed E-state index contributed by atoms with van der Waals surface area (Å²) >= 11 is 0. The van der Waals surface area contributed by atoms with Crippen LogP contribution in [-0.4, -0.2) is 19.3 Å². The molecule has 0 saturated heterocycles. The zero-order chi connectivity index (χ0) is 15.3. The van der Waals surface area contributed by atoms with Crippen LogP contribution in [0.3, 0.4) is 0 Å². The minimum Gasteiger partial charge on any atom is -0.497 e. The fourth-order valence-electron chi connectivity index (χ4n) is 2.08. The zero-order valence-corrected chi connectivity index (χ0v) is 12.0. The van der Waals surface area contributed by atoms with Crippen molar-refractivity contribution in [2.75, 3.05) is 14.2 Å². The molecule has 2 aromatic rings. The van der Waals surface area contributed by atoms with Crippen LogP contribution in [0.1, 0.15) is 11.1 Å². The molecule has 0 aliphatic rings. The third-order valence-corrected chi connectivity index (χ3v) is 3.27. The Morgan fingerprint density at radius 3 is 1.52 bits per heavy atom. The molecule has 0 aliphatic heterocycles. The molecule has 0 heterocycles. The summed E-state index contributed by atoms with van der Waals surface area (Å²) < 4.78 is 10.2. The lowest BCUT2D eigenvalue weighted by Gasteiger charge is -2.23. The van der Waals surface area contributed by atoms with Crippen molar-refractivity contribution in [2.45, 2.75) is 5.60 Å². The van der Waals surface area contributed by atoms with Crippen LogP contribution >= 0.6 is 0 Å². The van der Waals surface area contributed by atoms with E-state index in [1.165, 1.54) is 0 Å². The number of aliphatic hydroxyl groups is 1. The Balaban J connectivity index is 2.48. The van der Waals surface area contributed by atoms with E-state index in [0.29, 0.717) is 22.6 Å². The van der Waals surface area contributed by atoms with E-state index in [-0.39, 0.29) is 0 Å². The van der Waals surface area contributed by atoms with Gasteiger partial charge in [0.25, 0.3) is 0 Å². The Kier molecular flexibility index (Phi) is 4.36. The van der Waals surface area contributed by atoms with Crippen molar-refractivity contribution in [3.63, 3.8) is 0 Å². The topological polar surface area (TPSA) is 64.7 Å². The van der Waals surface area contributed by atoms with Crippen LogP contribution in [-0.2, 0) is 5.60 Å². The van der Waals surface area contributed by atoms with Crippen molar-refractivity contribution < 1.29 is 14.6 Å². The van der Waals surface area contributed by atoms with Crippen LogP contribution in [0.4, 0.5) is 0 Å².